The molecule has 7 heteroatoms. The number of halogens is 1. The van der Waals surface area contributed by atoms with E-state index in [0.29, 0.717) is 28.6 Å². The van der Waals surface area contributed by atoms with Crippen molar-refractivity contribution in [2.24, 2.45) is 0 Å². The summed E-state index contributed by atoms with van der Waals surface area (Å²) in [5.41, 5.74) is 1.73. The van der Waals surface area contributed by atoms with Gasteiger partial charge in [0.1, 0.15) is 17.9 Å². The minimum absolute atomic E-state index is 0.143. The highest BCUT2D eigenvalue weighted by Gasteiger charge is 2.36. The largest absolute Gasteiger partial charge is 0.489 e. The van der Waals surface area contributed by atoms with Gasteiger partial charge in [0.05, 0.1) is 5.69 Å². The van der Waals surface area contributed by atoms with Gasteiger partial charge < -0.3 is 4.74 Å². The molecule has 0 spiro atoms. The molecule has 3 aromatic rings. The van der Waals surface area contributed by atoms with Crippen molar-refractivity contribution in [3.63, 3.8) is 0 Å². The predicted molar refractivity (Wildman–Crippen MR) is 118 cm³/mol. The van der Waals surface area contributed by atoms with Gasteiger partial charge in [0.15, 0.2) is 0 Å². The van der Waals surface area contributed by atoms with Crippen molar-refractivity contribution in [2.45, 2.75) is 6.61 Å². The fourth-order valence-corrected chi connectivity index (χ4v) is 3.34. The number of anilines is 1. The number of benzene rings is 3. The second-order valence-corrected chi connectivity index (χ2v) is 7.22. The third kappa shape index (κ3) is 4.65. The summed E-state index contributed by atoms with van der Waals surface area (Å²) < 4.78 is 5.80. The van der Waals surface area contributed by atoms with Crippen LogP contribution >= 0.6 is 11.6 Å². The molecule has 154 valence electrons. The zero-order chi connectivity index (χ0) is 21.8. The molecule has 0 atom stereocenters. The van der Waals surface area contributed by atoms with Crippen LogP contribution in [0.4, 0.5) is 10.5 Å². The van der Waals surface area contributed by atoms with Crippen LogP contribution in [0.1, 0.15) is 11.1 Å². The molecule has 3 aromatic carbocycles. The molecule has 1 saturated heterocycles. The first-order chi connectivity index (χ1) is 15.0. The van der Waals surface area contributed by atoms with Crippen LogP contribution in [0.25, 0.3) is 6.08 Å². The average molecular weight is 433 g/mol. The van der Waals surface area contributed by atoms with E-state index in [1.807, 2.05) is 18.2 Å². The molecule has 1 aliphatic rings. The molecule has 6 nitrogen and oxygen atoms in total. The first-order valence-corrected chi connectivity index (χ1v) is 9.83. The van der Waals surface area contributed by atoms with E-state index >= 15 is 0 Å². The van der Waals surface area contributed by atoms with Crippen LogP contribution in [0, 0.1) is 0 Å². The lowest BCUT2D eigenvalue weighted by atomic mass is 10.1. The predicted octanol–water partition coefficient (Wildman–Crippen LogP) is 4.59. The topological polar surface area (TPSA) is 75.7 Å². The van der Waals surface area contributed by atoms with Crippen molar-refractivity contribution in [2.75, 3.05) is 4.90 Å². The molecule has 1 fully saturated rings. The molecule has 0 bridgehead atoms. The number of hydrogen-bond acceptors (Lipinski definition) is 4. The van der Waals surface area contributed by atoms with E-state index in [0.717, 1.165) is 10.5 Å². The summed E-state index contributed by atoms with van der Waals surface area (Å²) in [4.78, 5) is 38.4. The molecule has 0 aliphatic carbocycles. The Morgan fingerprint density at radius 2 is 1.68 bits per heavy atom. The molecule has 0 unspecified atom stereocenters. The second-order valence-electron chi connectivity index (χ2n) is 6.78. The van der Waals surface area contributed by atoms with Crippen LogP contribution in [0.3, 0.4) is 0 Å². The van der Waals surface area contributed by atoms with Crippen LogP contribution in [-0.4, -0.2) is 17.8 Å². The lowest BCUT2D eigenvalue weighted by Gasteiger charge is -2.26. The van der Waals surface area contributed by atoms with Gasteiger partial charge in [-0.05, 0) is 53.6 Å². The monoisotopic (exact) mass is 432 g/mol. The number of imide groups is 2. The summed E-state index contributed by atoms with van der Waals surface area (Å²) >= 11 is 5.99. The second kappa shape index (κ2) is 8.85. The van der Waals surface area contributed by atoms with E-state index in [2.05, 4.69) is 5.32 Å². The van der Waals surface area contributed by atoms with Gasteiger partial charge in [0.25, 0.3) is 11.8 Å². The summed E-state index contributed by atoms with van der Waals surface area (Å²) in [6.07, 6.45) is 1.44. The van der Waals surface area contributed by atoms with Crippen molar-refractivity contribution in [1.29, 1.82) is 0 Å². The lowest BCUT2D eigenvalue weighted by Crippen LogP contribution is -2.54. The smallest absolute Gasteiger partial charge is 0.335 e. The lowest BCUT2D eigenvalue weighted by molar-refractivity contribution is -0.122. The van der Waals surface area contributed by atoms with E-state index in [1.165, 1.54) is 6.08 Å². The molecule has 0 aromatic heterocycles. The number of carbonyl (C=O) groups is 3. The van der Waals surface area contributed by atoms with Crippen LogP contribution < -0.4 is 15.0 Å². The Balaban J connectivity index is 1.57. The number of carbonyl (C=O) groups excluding carboxylic acids is 3. The molecule has 1 aliphatic heterocycles. The standard InChI is InChI=1S/C24H17ClN2O4/c25-18-8-4-7-17(12-18)15-31-20-11-5-6-16(13-20)14-21-22(28)26-24(30)27(23(21)29)19-9-2-1-3-10-19/h1-14H,15H2,(H,26,28,30)/b21-14-. The number of nitrogens with one attached hydrogen (secondary N) is 1. The van der Waals surface area contributed by atoms with Crippen molar-refractivity contribution in [3.8, 4) is 5.75 Å². The maximum absolute atomic E-state index is 12.9. The van der Waals surface area contributed by atoms with Crippen molar-refractivity contribution in [3.05, 3.63) is 101 Å². The van der Waals surface area contributed by atoms with E-state index in [4.69, 9.17) is 16.3 Å². The summed E-state index contributed by atoms with van der Waals surface area (Å²) in [5.74, 6) is -0.869. The SMILES string of the molecule is O=C1NC(=O)N(c2ccccc2)C(=O)/C1=C\c1cccc(OCc2cccc(Cl)c2)c1. The summed E-state index contributed by atoms with van der Waals surface area (Å²) in [6, 6.07) is 22.0. The summed E-state index contributed by atoms with van der Waals surface area (Å²) in [5, 5.41) is 2.83. The Hall–Kier alpha value is -3.90. The highest BCUT2D eigenvalue weighted by molar-refractivity contribution is 6.39. The number of nitrogens with zero attached hydrogens (tertiary/aromatic N) is 1. The zero-order valence-corrected chi connectivity index (χ0v) is 17.0. The Morgan fingerprint density at radius 1 is 0.903 bits per heavy atom. The molecule has 4 amide bonds. The van der Waals surface area contributed by atoms with Gasteiger partial charge in [0.2, 0.25) is 0 Å². The van der Waals surface area contributed by atoms with Crippen LogP contribution in [0.15, 0.2) is 84.4 Å². The van der Waals surface area contributed by atoms with Gasteiger partial charge >= 0.3 is 6.03 Å². The highest BCUT2D eigenvalue weighted by atomic mass is 35.5. The Labute approximate surface area is 183 Å². The number of urea groups is 1. The van der Waals surface area contributed by atoms with Gasteiger partial charge in [-0.2, -0.15) is 0 Å². The maximum atomic E-state index is 12.9. The number of hydrogen-bond donors (Lipinski definition) is 1. The van der Waals surface area contributed by atoms with Gasteiger partial charge in [0, 0.05) is 5.02 Å². The van der Waals surface area contributed by atoms with Crippen molar-refractivity contribution < 1.29 is 19.1 Å². The van der Waals surface area contributed by atoms with Gasteiger partial charge in [-0.1, -0.05) is 54.1 Å². The number of para-hydroxylation sites is 1. The first-order valence-electron chi connectivity index (χ1n) is 9.45. The molecule has 1 heterocycles. The minimum Gasteiger partial charge on any atom is -0.489 e. The fraction of sp³-hybridized carbons (Fsp3) is 0.0417. The maximum Gasteiger partial charge on any atom is 0.335 e. The molecule has 1 N–H and O–H groups in total. The third-order valence-corrected chi connectivity index (χ3v) is 4.81. The molecular formula is C24H17ClN2O4. The van der Waals surface area contributed by atoms with E-state index in [1.54, 1.807) is 60.7 Å². The Morgan fingerprint density at radius 3 is 2.45 bits per heavy atom. The highest BCUT2D eigenvalue weighted by Crippen LogP contribution is 2.23. The van der Waals surface area contributed by atoms with E-state index in [9.17, 15) is 14.4 Å². The number of amides is 4. The summed E-state index contributed by atoms with van der Waals surface area (Å²) in [6.45, 7) is 0.316. The van der Waals surface area contributed by atoms with E-state index in [-0.39, 0.29) is 5.57 Å². The van der Waals surface area contributed by atoms with Crippen LogP contribution in [-0.2, 0) is 16.2 Å². The number of rotatable bonds is 5. The number of barbiturate groups is 1. The molecule has 31 heavy (non-hydrogen) atoms. The molecule has 0 radical (unpaired) electrons. The Kier molecular flexibility index (Phi) is 5.82. The van der Waals surface area contributed by atoms with Gasteiger partial charge in [-0.15, -0.1) is 0 Å². The van der Waals surface area contributed by atoms with Gasteiger partial charge in [-0.3, -0.25) is 14.9 Å². The molecule has 4 rings (SSSR count). The van der Waals surface area contributed by atoms with Crippen molar-refractivity contribution >= 4 is 41.2 Å². The van der Waals surface area contributed by atoms with Crippen molar-refractivity contribution in [1.82, 2.24) is 5.32 Å². The average Bonchev–Trinajstić information content (AvgIpc) is 2.76. The molecular weight excluding hydrogens is 416 g/mol. The van der Waals surface area contributed by atoms with E-state index < -0.39 is 17.8 Å². The normalized spacial score (nSPS) is 15.2. The van der Waals surface area contributed by atoms with Crippen LogP contribution in [0.2, 0.25) is 5.02 Å². The minimum atomic E-state index is -0.781. The quantitative estimate of drug-likeness (QED) is 0.472. The first kappa shape index (κ1) is 20.4. The third-order valence-electron chi connectivity index (χ3n) is 4.58. The van der Waals surface area contributed by atoms with Gasteiger partial charge in [-0.25, -0.2) is 9.69 Å². The number of ether oxygens (including phenoxy) is 1. The fourth-order valence-electron chi connectivity index (χ4n) is 3.12. The molecule has 0 saturated carbocycles. The summed E-state index contributed by atoms with van der Waals surface area (Å²) in [7, 11) is 0. The zero-order valence-electron chi connectivity index (χ0n) is 16.2. The Bertz CT molecular complexity index is 1190. The van der Waals surface area contributed by atoms with Crippen LogP contribution in [0.5, 0.6) is 5.75 Å².